The number of halogens is 3. The summed E-state index contributed by atoms with van der Waals surface area (Å²) in [6, 6.07) is 0.467. The van der Waals surface area contributed by atoms with Crippen LogP contribution in [-0.2, 0) is 13.5 Å². The zero-order valence-electron chi connectivity index (χ0n) is 9.62. The maximum atomic E-state index is 13.2. The van der Waals surface area contributed by atoms with Gasteiger partial charge in [0.1, 0.15) is 0 Å². The van der Waals surface area contributed by atoms with E-state index in [1.807, 2.05) is 6.20 Å². The van der Waals surface area contributed by atoms with Gasteiger partial charge in [-0.3, -0.25) is 4.68 Å². The fourth-order valence-corrected chi connectivity index (χ4v) is 1.49. The highest BCUT2D eigenvalue weighted by Crippen LogP contribution is 2.14. The van der Waals surface area contributed by atoms with Crippen LogP contribution >= 0.6 is 0 Å². The molecule has 0 aromatic carbocycles. The molecule has 96 valence electrons. The molecule has 0 aliphatic heterocycles. The molecule has 0 spiro atoms. The normalized spacial score (nSPS) is 10.7. The molecule has 7 heteroatoms. The summed E-state index contributed by atoms with van der Waals surface area (Å²) in [6.45, 7) is 0.348. The third-order valence-corrected chi connectivity index (χ3v) is 2.35. The molecule has 2 aromatic rings. The van der Waals surface area contributed by atoms with E-state index in [2.05, 4.69) is 15.4 Å². The highest BCUT2D eigenvalue weighted by Gasteiger charge is 2.11. The second-order valence-corrected chi connectivity index (χ2v) is 3.79. The van der Waals surface area contributed by atoms with E-state index in [0.717, 1.165) is 5.56 Å². The van der Waals surface area contributed by atoms with Gasteiger partial charge in [-0.2, -0.15) is 14.5 Å². The van der Waals surface area contributed by atoms with Crippen LogP contribution in [0.25, 0.3) is 0 Å². The minimum absolute atomic E-state index is 0.294. The number of nitrogens with zero attached hydrogens (tertiary/aromatic N) is 3. The summed E-state index contributed by atoms with van der Waals surface area (Å²) in [4.78, 5) is 3.16. The van der Waals surface area contributed by atoms with Gasteiger partial charge in [0, 0.05) is 25.9 Å². The number of hydrogen-bond donors (Lipinski definition) is 1. The van der Waals surface area contributed by atoms with Crippen molar-refractivity contribution in [3.05, 3.63) is 41.6 Å². The summed E-state index contributed by atoms with van der Waals surface area (Å²) in [5, 5.41) is 6.58. The minimum atomic E-state index is -1.32. The molecule has 0 aliphatic rings. The number of aryl methyl sites for hydroxylation is 1. The molecular weight excluding hydrogens is 245 g/mol. The second-order valence-electron chi connectivity index (χ2n) is 3.79. The summed E-state index contributed by atoms with van der Waals surface area (Å²) in [6.07, 6.45) is 4.07. The van der Waals surface area contributed by atoms with Gasteiger partial charge in [0.05, 0.1) is 6.20 Å². The molecule has 0 saturated heterocycles. The Morgan fingerprint density at radius 3 is 2.72 bits per heavy atom. The van der Waals surface area contributed by atoms with Crippen molar-refractivity contribution in [1.82, 2.24) is 14.8 Å². The largest absolute Gasteiger partial charge is 0.367 e. The van der Waals surface area contributed by atoms with Gasteiger partial charge >= 0.3 is 0 Å². The average molecular weight is 256 g/mol. The zero-order valence-corrected chi connectivity index (χ0v) is 9.62. The third-order valence-electron chi connectivity index (χ3n) is 2.35. The van der Waals surface area contributed by atoms with Gasteiger partial charge in [-0.05, 0) is 12.0 Å². The van der Waals surface area contributed by atoms with E-state index in [0.29, 0.717) is 19.0 Å². The van der Waals surface area contributed by atoms with Crippen LogP contribution in [0.3, 0.4) is 0 Å². The number of hydrogen-bond acceptors (Lipinski definition) is 3. The van der Waals surface area contributed by atoms with Crippen LogP contribution in [0.15, 0.2) is 18.5 Å². The summed E-state index contributed by atoms with van der Waals surface area (Å²) < 4.78 is 40.3. The molecule has 0 aliphatic carbocycles. The van der Waals surface area contributed by atoms with Crippen LogP contribution < -0.4 is 5.32 Å². The van der Waals surface area contributed by atoms with Crippen molar-refractivity contribution < 1.29 is 13.2 Å². The SMILES string of the molecule is Cn1cc(CCNc2nc(F)c(F)cc2F)cn1. The lowest BCUT2D eigenvalue weighted by molar-refractivity contribution is 0.466. The Hall–Kier alpha value is -2.05. The molecule has 2 rings (SSSR count). The van der Waals surface area contributed by atoms with Crippen LogP contribution in [0.4, 0.5) is 19.0 Å². The number of rotatable bonds is 4. The fraction of sp³-hybridized carbons (Fsp3) is 0.273. The standard InChI is InChI=1S/C11H11F3N4/c1-18-6-7(5-16-18)2-3-15-11-9(13)4-8(12)10(14)17-11/h4-6H,2-3H2,1H3,(H,15,17). The molecule has 0 saturated carbocycles. The van der Waals surface area contributed by atoms with Crippen molar-refractivity contribution in [2.24, 2.45) is 7.05 Å². The number of pyridine rings is 1. The van der Waals surface area contributed by atoms with Crippen molar-refractivity contribution in [2.75, 3.05) is 11.9 Å². The first kappa shape index (κ1) is 12.4. The molecule has 0 fully saturated rings. The Labute approximate surface area is 101 Å². The number of aromatic nitrogens is 3. The van der Waals surface area contributed by atoms with E-state index in [1.54, 1.807) is 17.9 Å². The van der Waals surface area contributed by atoms with Crippen molar-refractivity contribution in [3.8, 4) is 0 Å². The maximum absolute atomic E-state index is 13.2. The van der Waals surface area contributed by atoms with E-state index in [9.17, 15) is 13.2 Å². The highest BCUT2D eigenvalue weighted by molar-refractivity contribution is 5.36. The molecule has 0 radical (unpaired) electrons. The molecule has 0 atom stereocenters. The topological polar surface area (TPSA) is 42.7 Å². The summed E-state index contributed by atoms with van der Waals surface area (Å²) >= 11 is 0. The Kier molecular flexibility index (Phi) is 3.50. The smallest absolute Gasteiger partial charge is 0.251 e. The Morgan fingerprint density at radius 2 is 2.06 bits per heavy atom. The van der Waals surface area contributed by atoms with Gasteiger partial charge in [-0.25, -0.2) is 8.78 Å². The van der Waals surface area contributed by atoms with Gasteiger partial charge in [0.25, 0.3) is 5.95 Å². The Balaban J connectivity index is 1.96. The molecule has 0 bridgehead atoms. The number of anilines is 1. The fourth-order valence-electron chi connectivity index (χ4n) is 1.49. The molecular formula is C11H11F3N4. The van der Waals surface area contributed by atoms with Crippen molar-refractivity contribution >= 4 is 5.82 Å². The minimum Gasteiger partial charge on any atom is -0.367 e. The predicted octanol–water partition coefficient (Wildman–Crippen LogP) is 1.89. The third kappa shape index (κ3) is 2.79. The van der Waals surface area contributed by atoms with Crippen LogP contribution in [0.5, 0.6) is 0 Å². The van der Waals surface area contributed by atoms with Crippen LogP contribution in [0.2, 0.25) is 0 Å². The van der Waals surface area contributed by atoms with E-state index in [1.165, 1.54) is 0 Å². The first-order chi connectivity index (χ1) is 8.56. The molecule has 0 unspecified atom stereocenters. The first-order valence-electron chi connectivity index (χ1n) is 5.29. The zero-order chi connectivity index (χ0) is 13.1. The molecule has 2 aromatic heterocycles. The van der Waals surface area contributed by atoms with Gasteiger partial charge in [0.2, 0.25) is 0 Å². The lowest BCUT2D eigenvalue weighted by Crippen LogP contribution is -2.09. The van der Waals surface area contributed by atoms with E-state index < -0.39 is 17.6 Å². The first-order valence-corrected chi connectivity index (χ1v) is 5.29. The summed E-state index contributed by atoms with van der Waals surface area (Å²) in [5.41, 5.74) is 0.952. The lowest BCUT2D eigenvalue weighted by Gasteiger charge is -2.05. The Morgan fingerprint density at radius 1 is 1.28 bits per heavy atom. The second kappa shape index (κ2) is 5.07. The molecule has 2 heterocycles. The predicted molar refractivity (Wildman–Crippen MR) is 59.5 cm³/mol. The van der Waals surface area contributed by atoms with Gasteiger partial charge in [-0.1, -0.05) is 0 Å². The quantitative estimate of drug-likeness (QED) is 0.849. The highest BCUT2D eigenvalue weighted by atomic mass is 19.2. The van der Waals surface area contributed by atoms with Crippen LogP contribution in [0, 0.1) is 17.6 Å². The van der Waals surface area contributed by atoms with E-state index in [4.69, 9.17) is 0 Å². The van der Waals surface area contributed by atoms with Gasteiger partial charge < -0.3 is 5.32 Å². The van der Waals surface area contributed by atoms with E-state index in [-0.39, 0.29) is 5.82 Å². The van der Waals surface area contributed by atoms with Crippen molar-refractivity contribution in [2.45, 2.75) is 6.42 Å². The van der Waals surface area contributed by atoms with Crippen LogP contribution in [0.1, 0.15) is 5.56 Å². The van der Waals surface area contributed by atoms with Crippen molar-refractivity contribution in [1.29, 1.82) is 0 Å². The molecule has 18 heavy (non-hydrogen) atoms. The molecule has 0 amide bonds. The Bertz CT molecular complexity index is 553. The van der Waals surface area contributed by atoms with Gasteiger partial charge in [0.15, 0.2) is 17.5 Å². The van der Waals surface area contributed by atoms with Crippen molar-refractivity contribution in [3.63, 3.8) is 0 Å². The average Bonchev–Trinajstić information content (AvgIpc) is 2.71. The summed E-state index contributed by atoms with van der Waals surface area (Å²) in [5.74, 6) is -3.83. The summed E-state index contributed by atoms with van der Waals surface area (Å²) in [7, 11) is 1.79. The lowest BCUT2D eigenvalue weighted by atomic mass is 10.2. The molecule has 1 N–H and O–H groups in total. The molecule has 4 nitrogen and oxygen atoms in total. The maximum Gasteiger partial charge on any atom is 0.251 e. The van der Waals surface area contributed by atoms with Crippen LogP contribution in [-0.4, -0.2) is 21.3 Å². The van der Waals surface area contributed by atoms with Gasteiger partial charge in [-0.15, -0.1) is 0 Å². The number of nitrogens with one attached hydrogen (secondary N) is 1. The monoisotopic (exact) mass is 256 g/mol. The van der Waals surface area contributed by atoms with E-state index >= 15 is 0 Å².